The number of nitrogens with zero attached hydrogens (tertiary/aromatic N) is 1. The third kappa shape index (κ3) is 1.80. The Morgan fingerprint density at radius 3 is 2.89 bits per heavy atom. The number of amides is 1. The number of ether oxygens (including phenoxy) is 1. The number of benzene rings is 1. The van der Waals surface area contributed by atoms with Gasteiger partial charge in [-0.25, -0.2) is 4.79 Å². The Balaban J connectivity index is 2.00. The van der Waals surface area contributed by atoms with Crippen LogP contribution in [0.5, 0.6) is 5.75 Å². The molecule has 0 saturated carbocycles. The van der Waals surface area contributed by atoms with E-state index in [1.54, 1.807) is 17.0 Å². The van der Waals surface area contributed by atoms with Crippen molar-refractivity contribution in [3.63, 3.8) is 0 Å². The van der Waals surface area contributed by atoms with Crippen molar-refractivity contribution in [1.82, 2.24) is 5.32 Å². The first-order valence-corrected chi connectivity index (χ1v) is 6.25. The highest BCUT2D eigenvalue weighted by Crippen LogP contribution is 2.37. The van der Waals surface area contributed by atoms with Crippen LogP contribution in [0.1, 0.15) is 18.4 Å². The first kappa shape index (κ1) is 11.3. The maximum atomic E-state index is 12.0. The van der Waals surface area contributed by atoms with Gasteiger partial charge >= 0.3 is 6.09 Å². The molecule has 5 heteroatoms. The second kappa shape index (κ2) is 4.49. The zero-order valence-electron chi connectivity index (χ0n) is 10.1. The maximum absolute atomic E-state index is 12.0. The summed E-state index contributed by atoms with van der Waals surface area (Å²) in [6, 6.07) is 5.38. The molecule has 0 bridgehead atoms. The fourth-order valence-corrected chi connectivity index (χ4v) is 2.67. The number of para-hydroxylation sites is 1. The molecule has 0 atom stereocenters. The minimum Gasteiger partial charge on any atom is -0.506 e. The highest BCUT2D eigenvalue weighted by atomic mass is 16.6. The van der Waals surface area contributed by atoms with E-state index in [2.05, 4.69) is 5.32 Å². The first-order valence-electron chi connectivity index (χ1n) is 6.25. The number of phenolic OH excluding ortho intramolecular Hbond substituents is 1. The van der Waals surface area contributed by atoms with Crippen LogP contribution in [-0.2, 0) is 11.3 Å². The molecule has 18 heavy (non-hydrogen) atoms. The standard InChI is InChI=1S/C13H16N2O3/c16-11-3-1-2-9-8-18-13(17)15(12(9)11)10-4-6-14-7-5-10/h1-3,10,14,16H,4-8H2. The number of nitrogens with one attached hydrogen (secondary N) is 1. The van der Waals surface area contributed by atoms with Crippen molar-refractivity contribution in [3.8, 4) is 5.75 Å². The summed E-state index contributed by atoms with van der Waals surface area (Å²) in [5, 5.41) is 13.3. The predicted octanol–water partition coefficient (Wildman–Crippen LogP) is 1.60. The Bertz CT molecular complexity index is 469. The molecule has 2 heterocycles. The lowest BCUT2D eigenvalue weighted by Gasteiger charge is -2.37. The van der Waals surface area contributed by atoms with Crippen LogP contribution in [0.25, 0.3) is 0 Å². The zero-order valence-corrected chi connectivity index (χ0v) is 10.1. The smallest absolute Gasteiger partial charge is 0.415 e. The molecule has 3 rings (SSSR count). The SMILES string of the molecule is O=C1OCc2cccc(O)c2N1C1CCNCC1. The van der Waals surface area contributed by atoms with Crippen LogP contribution in [0, 0.1) is 0 Å². The van der Waals surface area contributed by atoms with E-state index in [9.17, 15) is 9.90 Å². The predicted molar refractivity (Wildman–Crippen MR) is 66.7 cm³/mol. The zero-order chi connectivity index (χ0) is 12.5. The quantitative estimate of drug-likeness (QED) is 0.792. The van der Waals surface area contributed by atoms with Crippen molar-refractivity contribution in [1.29, 1.82) is 0 Å². The number of fused-ring (bicyclic) bond motifs is 1. The van der Waals surface area contributed by atoms with Gasteiger partial charge in [-0.3, -0.25) is 4.90 Å². The molecule has 2 aliphatic heterocycles. The topological polar surface area (TPSA) is 61.8 Å². The van der Waals surface area contributed by atoms with Crippen molar-refractivity contribution < 1.29 is 14.6 Å². The van der Waals surface area contributed by atoms with Crippen molar-refractivity contribution in [2.75, 3.05) is 18.0 Å². The van der Waals surface area contributed by atoms with E-state index < -0.39 is 0 Å². The lowest BCUT2D eigenvalue weighted by Crippen LogP contribution is -2.48. The van der Waals surface area contributed by atoms with Gasteiger partial charge < -0.3 is 15.2 Å². The monoisotopic (exact) mass is 248 g/mol. The summed E-state index contributed by atoms with van der Waals surface area (Å²) >= 11 is 0. The van der Waals surface area contributed by atoms with E-state index in [0.717, 1.165) is 31.5 Å². The molecule has 0 radical (unpaired) electrons. The lowest BCUT2D eigenvalue weighted by atomic mass is 10.0. The van der Waals surface area contributed by atoms with Gasteiger partial charge in [0.1, 0.15) is 12.4 Å². The van der Waals surface area contributed by atoms with Gasteiger partial charge in [0.25, 0.3) is 0 Å². The number of phenols is 1. The molecule has 0 aromatic heterocycles. The summed E-state index contributed by atoms with van der Waals surface area (Å²) in [6.07, 6.45) is 1.40. The lowest BCUT2D eigenvalue weighted by molar-refractivity contribution is 0.136. The van der Waals surface area contributed by atoms with Gasteiger partial charge in [0.15, 0.2) is 0 Å². The normalized spacial score (nSPS) is 20.4. The van der Waals surface area contributed by atoms with Crippen LogP contribution in [0.4, 0.5) is 10.5 Å². The van der Waals surface area contributed by atoms with E-state index in [4.69, 9.17) is 4.74 Å². The summed E-state index contributed by atoms with van der Waals surface area (Å²) in [6.45, 7) is 2.01. The largest absolute Gasteiger partial charge is 0.506 e. The summed E-state index contributed by atoms with van der Waals surface area (Å²) in [4.78, 5) is 13.6. The van der Waals surface area contributed by atoms with E-state index in [0.29, 0.717) is 5.69 Å². The molecule has 2 aliphatic rings. The van der Waals surface area contributed by atoms with Crippen molar-refractivity contribution >= 4 is 11.8 Å². The molecule has 96 valence electrons. The van der Waals surface area contributed by atoms with Gasteiger partial charge in [-0.2, -0.15) is 0 Å². The van der Waals surface area contributed by atoms with Crippen molar-refractivity contribution in [2.45, 2.75) is 25.5 Å². The third-order valence-corrected chi connectivity index (χ3v) is 3.56. The fourth-order valence-electron chi connectivity index (χ4n) is 2.67. The number of carbonyl (C=O) groups is 1. The number of hydrogen-bond donors (Lipinski definition) is 2. The number of piperidine rings is 1. The second-order valence-electron chi connectivity index (χ2n) is 4.69. The number of rotatable bonds is 1. The highest BCUT2D eigenvalue weighted by Gasteiger charge is 2.34. The maximum Gasteiger partial charge on any atom is 0.415 e. The highest BCUT2D eigenvalue weighted by molar-refractivity contribution is 5.93. The number of aromatic hydroxyl groups is 1. The minimum absolute atomic E-state index is 0.103. The molecule has 1 amide bonds. The van der Waals surface area contributed by atoms with Crippen molar-refractivity contribution in [3.05, 3.63) is 23.8 Å². The van der Waals surface area contributed by atoms with Crippen LogP contribution in [0.3, 0.4) is 0 Å². The van der Waals surface area contributed by atoms with E-state index in [1.807, 2.05) is 6.07 Å². The average Bonchev–Trinajstić information content (AvgIpc) is 2.40. The number of hydrogen-bond acceptors (Lipinski definition) is 4. The van der Waals surface area contributed by atoms with Crippen LogP contribution in [-0.4, -0.2) is 30.3 Å². The van der Waals surface area contributed by atoms with E-state index >= 15 is 0 Å². The summed E-state index contributed by atoms with van der Waals surface area (Å²) < 4.78 is 5.18. The third-order valence-electron chi connectivity index (χ3n) is 3.56. The number of anilines is 1. The molecule has 1 aromatic carbocycles. The van der Waals surface area contributed by atoms with Crippen molar-refractivity contribution in [2.24, 2.45) is 0 Å². The van der Waals surface area contributed by atoms with Gasteiger partial charge in [-0.15, -0.1) is 0 Å². The molecule has 0 spiro atoms. The first-order chi connectivity index (χ1) is 8.77. The molecular weight excluding hydrogens is 232 g/mol. The number of cyclic esters (lactones) is 1. The van der Waals surface area contributed by atoms with Crippen LogP contribution in [0.15, 0.2) is 18.2 Å². The second-order valence-corrected chi connectivity index (χ2v) is 4.69. The van der Waals surface area contributed by atoms with Gasteiger partial charge in [0, 0.05) is 11.6 Å². The fraction of sp³-hybridized carbons (Fsp3) is 0.462. The average molecular weight is 248 g/mol. The van der Waals surface area contributed by atoms with Crippen LogP contribution >= 0.6 is 0 Å². The van der Waals surface area contributed by atoms with Crippen LogP contribution in [0.2, 0.25) is 0 Å². The molecular formula is C13H16N2O3. The Morgan fingerprint density at radius 2 is 2.11 bits per heavy atom. The van der Waals surface area contributed by atoms with E-state index in [-0.39, 0.29) is 24.5 Å². The Morgan fingerprint density at radius 1 is 1.33 bits per heavy atom. The Labute approximate surface area is 105 Å². The summed E-state index contributed by atoms with van der Waals surface area (Å²) in [5.41, 5.74) is 1.49. The minimum atomic E-state index is -0.351. The Hall–Kier alpha value is -1.75. The Kier molecular flexibility index (Phi) is 2.83. The summed E-state index contributed by atoms with van der Waals surface area (Å²) in [7, 11) is 0. The van der Waals surface area contributed by atoms with Gasteiger partial charge in [0.2, 0.25) is 0 Å². The van der Waals surface area contributed by atoms with Gasteiger partial charge in [-0.1, -0.05) is 12.1 Å². The molecule has 2 N–H and O–H groups in total. The molecule has 1 aromatic rings. The molecule has 0 unspecified atom stereocenters. The van der Waals surface area contributed by atoms with Gasteiger partial charge in [-0.05, 0) is 32.0 Å². The molecule has 5 nitrogen and oxygen atoms in total. The van der Waals surface area contributed by atoms with Gasteiger partial charge in [0.05, 0.1) is 5.69 Å². The number of carbonyl (C=O) groups excluding carboxylic acids is 1. The molecule has 1 saturated heterocycles. The molecule has 0 aliphatic carbocycles. The summed E-state index contributed by atoms with van der Waals surface area (Å²) in [5.74, 6) is 0.155. The van der Waals surface area contributed by atoms with E-state index in [1.165, 1.54) is 0 Å². The van der Waals surface area contributed by atoms with Crippen LogP contribution < -0.4 is 10.2 Å². The molecule has 1 fully saturated rings.